The Kier molecular flexibility index (Phi) is 11.3. The van der Waals surface area contributed by atoms with Gasteiger partial charge in [0.05, 0.1) is 0 Å². The van der Waals surface area contributed by atoms with E-state index in [1.54, 1.807) is 0 Å². The molecule has 0 aliphatic carbocycles. The normalized spacial score (nSPS) is 9.15. The van der Waals surface area contributed by atoms with Gasteiger partial charge < -0.3 is 10.6 Å². The molecule has 0 atom stereocenters. The summed E-state index contributed by atoms with van der Waals surface area (Å²) in [5.41, 5.74) is 5.25. The van der Waals surface area contributed by atoms with Crippen molar-refractivity contribution in [2.45, 2.75) is 19.8 Å². The Morgan fingerprint density at radius 1 is 1.54 bits per heavy atom. The molecule has 0 bridgehead atoms. The topological polar surface area (TPSA) is 46.3 Å². The summed E-state index contributed by atoms with van der Waals surface area (Å²) < 4.78 is 11.9. The van der Waals surface area contributed by atoms with Gasteiger partial charge in [0, 0.05) is 19.5 Å². The largest absolute Gasteiger partial charge is 0.340 e. The van der Waals surface area contributed by atoms with Crippen LogP contribution in [-0.2, 0) is 4.79 Å². The lowest BCUT2D eigenvalue weighted by Crippen LogP contribution is -2.32. The zero-order valence-corrected chi connectivity index (χ0v) is 8.78. The van der Waals surface area contributed by atoms with E-state index < -0.39 is 6.67 Å². The average Bonchev–Trinajstić information content (AvgIpc) is 2.10. The summed E-state index contributed by atoms with van der Waals surface area (Å²) in [6, 6.07) is 0. The molecule has 0 aliphatic rings. The lowest BCUT2D eigenvalue weighted by molar-refractivity contribution is -0.131. The number of nitrogens with zero attached hydrogens (tertiary/aromatic N) is 1. The maximum Gasteiger partial charge on any atom is 0.222 e. The summed E-state index contributed by atoms with van der Waals surface area (Å²) in [6.07, 6.45) is 1.12. The highest BCUT2D eigenvalue weighted by atomic mass is 35.5. The number of alkyl halides is 1. The molecule has 0 unspecified atom stereocenters. The molecule has 0 spiro atoms. The van der Waals surface area contributed by atoms with Crippen molar-refractivity contribution in [3.8, 4) is 0 Å². The van der Waals surface area contributed by atoms with Gasteiger partial charge in [0.25, 0.3) is 0 Å². The Morgan fingerprint density at radius 2 is 2.15 bits per heavy atom. The Balaban J connectivity index is 0. The zero-order chi connectivity index (χ0) is 9.40. The van der Waals surface area contributed by atoms with E-state index in [0.29, 0.717) is 25.9 Å². The van der Waals surface area contributed by atoms with Crippen LogP contribution in [0.1, 0.15) is 19.8 Å². The van der Waals surface area contributed by atoms with Crippen molar-refractivity contribution >= 4 is 18.3 Å². The highest BCUT2D eigenvalue weighted by Crippen LogP contribution is 1.96. The minimum absolute atomic E-state index is 0. The molecule has 0 saturated heterocycles. The maximum absolute atomic E-state index is 11.9. The molecule has 5 heteroatoms. The highest BCUT2D eigenvalue weighted by Gasteiger charge is 2.09. The lowest BCUT2D eigenvalue weighted by Gasteiger charge is -2.18. The van der Waals surface area contributed by atoms with Crippen LogP contribution in [0.5, 0.6) is 0 Å². The zero-order valence-electron chi connectivity index (χ0n) is 7.96. The van der Waals surface area contributed by atoms with E-state index in [-0.39, 0.29) is 24.9 Å². The second kappa shape index (κ2) is 9.74. The van der Waals surface area contributed by atoms with Gasteiger partial charge >= 0.3 is 0 Å². The van der Waals surface area contributed by atoms with Crippen LogP contribution in [0.2, 0.25) is 0 Å². The first-order chi connectivity index (χ1) is 5.76. The Hall–Kier alpha value is -0.350. The standard InChI is InChI=1S/C8H17FN2O.ClH/c1-2-11(7-5-9)8(12)4-3-6-10;/h2-7,10H2,1H3;1H. The Labute approximate surface area is 84.9 Å². The van der Waals surface area contributed by atoms with E-state index >= 15 is 0 Å². The van der Waals surface area contributed by atoms with Crippen molar-refractivity contribution in [1.29, 1.82) is 0 Å². The van der Waals surface area contributed by atoms with Crippen LogP contribution >= 0.6 is 12.4 Å². The molecule has 13 heavy (non-hydrogen) atoms. The fraction of sp³-hybridized carbons (Fsp3) is 0.875. The third-order valence-corrected chi connectivity index (χ3v) is 1.68. The van der Waals surface area contributed by atoms with Gasteiger partial charge in [-0.2, -0.15) is 0 Å². The van der Waals surface area contributed by atoms with Gasteiger partial charge in [-0.1, -0.05) is 0 Å². The summed E-state index contributed by atoms with van der Waals surface area (Å²) >= 11 is 0. The first-order valence-corrected chi connectivity index (χ1v) is 4.30. The number of halogens is 2. The van der Waals surface area contributed by atoms with Gasteiger partial charge in [-0.15, -0.1) is 12.4 Å². The minimum atomic E-state index is -0.470. The van der Waals surface area contributed by atoms with Crippen LogP contribution in [0.15, 0.2) is 0 Å². The van der Waals surface area contributed by atoms with E-state index in [4.69, 9.17) is 5.73 Å². The molecule has 1 amide bonds. The van der Waals surface area contributed by atoms with E-state index in [9.17, 15) is 9.18 Å². The molecular weight excluding hydrogens is 195 g/mol. The van der Waals surface area contributed by atoms with E-state index in [1.165, 1.54) is 4.90 Å². The molecule has 0 radical (unpaired) electrons. The number of amides is 1. The molecule has 80 valence electrons. The van der Waals surface area contributed by atoms with Crippen molar-refractivity contribution in [3.05, 3.63) is 0 Å². The third-order valence-electron chi connectivity index (χ3n) is 1.68. The number of nitrogens with two attached hydrogens (primary N) is 1. The lowest BCUT2D eigenvalue weighted by atomic mass is 10.3. The molecule has 3 nitrogen and oxygen atoms in total. The van der Waals surface area contributed by atoms with Gasteiger partial charge in [-0.3, -0.25) is 4.79 Å². The smallest absolute Gasteiger partial charge is 0.222 e. The van der Waals surface area contributed by atoms with Gasteiger partial charge in [0.1, 0.15) is 6.67 Å². The molecule has 0 fully saturated rings. The monoisotopic (exact) mass is 212 g/mol. The predicted molar refractivity (Wildman–Crippen MR) is 53.8 cm³/mol. The number of hydrogen-bond acceptors (Lipinski definition) is 2. The van der Waals surface area contributed by atoms with Crippen LogP contribution in [-0.4, -0.2) is 37.1 Å². The van der Waals surface area contributed by atoms with Gasteiger partial charge in [-0.25, -0.2) is 4.39 Å². The third kappa shape index (κ3) is 6.78. The fourth-order valence-corrected chi connectivity index (χ4v) is 0.973. The molecule has 0 heterocycles. The van der Waals surface area contributed by atoms with Crippen molar-refractivity contribution in [2.75, 3.05) is 26.3 Å². The van der Waals surface area contributed by atoms with Crippen LogP contribution in [0.25, 0.3) is 0 Å². The molecule has 0 aromatic heterocycles. The quantitative estimate of drug-likeness (QED) is 0.713. The van der Waals surface area contributed by atoms with Crippen LogP contribution < -0.4 is 5.73 Å². The minimum Gasteiger partial charge on any atom is -0.340 e. The number of rotatable bonds is 6. The first kappa shape index (κ1) is 15.1. The first-order valence-electron chi connectivity index (χ1n) is 4.30. The van der Waals surface area contributed by atoms with Gasteiger partial charge in [0.2, 0.25) is 5.91 Å². The highest BCUT2D eigenvalue weighted by molar-refractivity contribution is 5.85. The van der Waals surface area contributed by atoms with E-state index in [1.807, 2.05) is 6.92 Å². The van der Waals surface area contributed by atoms with Crippen molar-refractivity contribution in [2.24, 2.45) is 5.73 Å². The van der Waals surface area contributed by atoms with E-state index in [0.717, 1.165) is 0 Å². The second-order valence-corrected chi connectivity index (χ2v) is 2.55. The summed E-state index contributed by atoms with van der Waals surface area (Å²) in [4.78, 5) is 12.7. The fourth-order valence-electron chi connectivity index (χ4n) is 0.973. The second-order valence-electron chi connectivity index (χ2n) is 2.55. The maximum atomic E-state index is 11.9. The molecule has 0 aromatic rings. The predicted octanol–water partition coefficient (Wildman–Crippen LogP) is 0.965. The summed E-state index contributed by atoms with van der Waals surface area (Å²) in [5.74, 6) is 0.000556. The van der Waals surface area contributed by atoms with Gasteiger partial charge in [0.15, 0.2) is 0 Å². The van der Waals surface area contributed by atoms with Crippen molar-refractivity contribution in [3.63, 3.8) is 0 Å². The SMILES string of the molecule is CCN(CCF)C(=O)CCCN.Cl. The average molecular weight is 213 g/mol. The van der Waals surface area contributed by atoms with Crippen LogP contribution in [0, 0.1) is 0 Å². The number of carbonyl (C=O) groups excluding carboxylic acids is 1. The Morgan fingerprint density at radius 3 is 2.54 bits per heavy atom. The van der Waals surface area contributed by atoms with E-state index in [2.05, 4.69) is 0 Å². The summed E-state index contributed by atoms with van der Waals surface area (Å²) in [6.45, 7) is 2.67. The summed E-state index contributed by atoms with van der Waals surface area (Å²) in [5, 5.41) is 0. The molecule has 0 aromatic carbocycles. The van der Waals surface area contributed by atoms with Crippen LogP contribution in [0.3, 0.4) is 0 Å². The molecule has 0 rings (SSSR count). The van der Waals surface area contributed by atoms with Crippen LogP contribution in [0.4, 0.5) is 4.39 Å². The molecule has 2 N–H and O–H groups in total. The van der Waals surface area contributed by atoms with Crippen molar-refractivity contribution < 1.29 is 9.18 Å². The van der Waals surface area contributed by atoms with Crippen molar-refractivity contribution in [1.82, 2.24) is 4.90 Å². The Bertz CT molecular complexity index is 135. The number of hydrogen-bond donors (Lipinski definition) is 1. The molecule has 0 saturated carbocycles. The van der Waals surface area contributed by atoms with Gasteiger partial charge in [-0.05, 0) is 19.9 Å². The molecular formula is C8H18ClFN2O. The summed E-state index contributed by atoms with van der Waals surface area (Å²) in [7, 11) is 0. The number of carbonyl (C=O) groups is 1. The molecule has 0 aliphatic heterocycles.